The van der Waals surface area contributed by atoms with Crippen LogP contribution < -0.4 is 5.32 Å². The van der Waals surface area contributed by atoms with Gasteiger partial charge in [-0.05, 0) is 31.0 Å². The lowest BCUT2D eigenvalue weighted by molar-refractivity contribution is -0.115. The smallest absolute Gasteiger partial charge is 0.237 e. The summed E-state index contributed by atoms with van der Waals surface area (Å²) in [6.07, 6.45) is 2.23. The van der Waals surface area contributed by atoms with Crippen LogP contribution in [0.1, 0.15) is 25.8 Å². The van der Waals surface area contributed by atoms with Gasteiger partial charge in [0.1, 0.15) is 0 Å². The van der Waals surface area contributed by atoms with Gasteiger partial charge in [-0.1, -0.05) is 41.4 Å². The van der Waals surface area contributed by atoms with Crippen LogP contribution in [0.5, 0.6) is 0 Å². The minimum Gasteiger partial charge on any atom is -0.325 e. The maximum Gasteiger partial charge on any atom is 0.237 e. The zero-order valence-corrected chi connectivity index (χ0v) is 10.7. The van der Waals surface area contributed by atoms with Crippen molar-refractivity contribution in [3.63, 3.8) is 0 Å². The second-order valence-electron chi connectivity index (χ2n) is 3.55. The van der Waals surface area contributed by atoms with Crippen LogP contribution in [0.4, 0.5) is 5.69 Å². The Morgan fingerprint density at radius 2 is 2.00 bits per heavy atom. The van der Waals surface area contributed by atoms with Crippen molar-refractivity contribution >= 4 is 27.5 Å². The first kappa shape index (κ1) is 12.2. The third kappa shape index (κ3) is 4.04. The van der Waals surface area contributed by atoms with Crippen LogP contribution >= 0.6 is 15.9 Å². The summed E-state index contributed by atoms with van der Waals surface area (Å²) >= 11 is 3.22. The molecule has 1 amide bonds. The third-order valence-electron chi connectivity index (χ3n) is 2.12. The van der Waals surface area contributed by atoms with E-state index in [1.165, 1.54) is 5.56 Å². The van der Waals surface area contributed by atoms with Crippen molar-refractivity contribution < 1.29 is 4.79 Å². The number of aryl methyl sites for hydroxylation is 1. The largest absolute Gasteiger partial charge is 0.325 e. The number of hydrogen-bond donors (Lipinski definition) is 1. The second-order valence-corrected chi connectivity index (χ2v) is 4.93. The molecule has 1 atom stereocenters. The highest BCUT2D eigenvalue weighted by atomic mass is 79.9. The van der Waals surface area contributed by atoms with Crippen LogP contribution in [0.25, 0.3) is 0 Å². The van der Waals surface area contributed by atoms with E-state index in [0.29, 0.717) is 0 Å². The van der Waals surface area contributed by atoms with Crippen LogP contribution in [0, 0.1) is 0 Å². The SMILES string of the molecule is CCCc1ccc(NC(=O)C(C)Br)cc1. The summed E-state index contributed by atoms with van der Waals surface area (Å²) in [6.45, 7) is 3.96. The van der Waals surface area contributed by atoms with Gasteiger partial charge in [0.05, 0.1) is 4.83 Å². The molecule has 1 aromatic rings. The summed E-state index contributed by atoms with van der Waals surface area (Å²) in [6, 6.07) is 7.99. The normalized spacial score (nSPS) is 12.2. The van der Waals surface area contributed by atoms with Crippen molar-refractivity contribution in [2.45, 2.75) is 31.5 Å². The number of carbonyl (C=O) groups excluding carboxylic acids is 1. The summed E-state index contributed by atoms with van der Waals surface area (Å²) in [7, 11) is 0. The zero-order chi connectivity index (χ0) is 11.3. The number of hydrogen-bond acceptors (Lipinski definition) is 1. The first-order valence-corrected chi connectivity index (χ1v) is 6.09. The van der Waals surface area contributed by atoms with Crippen LogP contribution in [-0.2, 0) is 11.2 Å². The number of alkyl halides is 1. The average Bonchev–Trinajstić information content (AvgIpc) is 2.21. The average molecular weight is 270 g/mol. The predicted octanol–water partition coefficient (Wildman–Crippen LogP) is 3.36. The molecule has 1 aromatic carbocycles. The van der Waals surface area contributed by atoms with Crippen molar-refractivity contribution in [2.24, 2.45) is 0 Å². The Balaban J connectivity index is 2.60. The fourth-order valence-corrected chi connectivity index (χ4v) is 1.40. The topological polar surface area (TPSA) is 29.1 Å². The predicted molar refractivity (Wildman–Crippen MR) is 67.5 cm³/mol. The van der Waals surface area contributed by atoms with E-state index in [1.54, 1.807) is 6.92 Å². The highest BCUT2D eigenvalue weighted by Gasteiger charge is 2.07. The van der Waals surface area contributed by atoms with Crippen molar-refractivity contribution in [3.8, 4) is 0 Å². The molecule has 82 valence electrons. The van der Waals surface area contributed by atoms with Gasteiger partial charge in [-0.15, -0.1) is 0 Å². The summed E-state index contributed by atoms with van der Waals surface area (Å²) in [5.41, 5.74) is 2.16. The molecule has 3 heteroatoms. The molecule has 1 unspecified atom stereocenters. The molecule has 0 aromatic heterocycles. The van der Waals surface area contributed by atoms with Crippen LogP contribution in [-0.4, -0.2) is 10.7 Å². The lowest BCUT2D eigenvalue weighted by Crippen LogP contribution is -2.19. The highest BCUT2D eigenvalue weighted by molar-refractivity contribution is 9.10. The number of nitrogens with one attached hydrogen (secondary N) is 1. The molecule has 0 saturated heterocycles. The first-order chi connectivity index (χ1) is 7.13. The van der Waals surface area contributed by atoms with E-state index in [2.05, 4.69) is 40.3 Å². The molecule has 0 bridgehead atoms. The van der Waals surface area contributed by atoms with Gasteiger partial charge in [0.15, 0.2) is 0 Å². The Hall–Kier alpha value is -0.830. The number of benzene rings is 1. The van der Waals surface area contributed by atoms with Gasteiger partial charge >= 0.3 is 0 Å². The number of carbonyl (C=O) groups is 1. The van der Waals surface area contributed by atoms with Gasteiger partial charge < -0.3 is 5.32 Å². The Kier molecular flexibility index (Phi) is 4.82. The van der Waals surface area contributed by atoms with E-state index in [-0.39, 0.29) is 10.7 Å². The highest BCUT2D eigenvalue weighted by Crippen LogP contribution is 2.12. The van der Waals surface area contributed by atoms with Crippen LogP contribution in [0.2, 0.25) is 0 Å². The molecule has 0 radical (unpaired) electrons. The van der Waals surface area contributed by atoms with E-state index in [0.717, 1.165) is 18.5 Å². The summed E-state index contributed by atoms with van der Waals surface area (Å²) in [5, 5.41) is 2.82. The Morgan fingerprint density at radius 3 is 2.47 bits per heavy atom. The quantitative estimate of drug-likeness (QED) is 0.835. The molecule has 0 aliphatic heterocycles. The third-order valence-corrected chi connectivity index (χ3v) is 2.54. The van der Waals surface area contributed by atoms with Gasteiger partial charge in [-0.25, -0.2) is 0 Å². The Bertz CT molecular complexity index is 319. The minimum absolute atomic E-state index is 0.0155. The molecule has 2 nitrogen and oxygen atoms in total. The van der Waals surface area contributed by atoms with Crippen LogP contribution in [0.3, 0.4) is 0 Å². The van der Waals surface area contributed by atoms with Gasteiger partial charge in [0.25, 0.3) is 0 Å². The molecular formula is C12H16BrNO. The molecule has 15 heavy (non-hydrogen) atoms. The lowest BCUT2D eigenvalue weighted by atomic mass is 10.1. The Morgan fingerprint density at radius 1 is 1.40 bits per heavy atom. The molecule has 0 aliphatic rings. The number of anilines is 1. The van der Waals surface area contributed by atoms with E-state index in [9.17, 15) is 4.79 Å². The van der Waals surface area contributed by atoms with E-state index in [4.69, 9.17) is 0 Å². The van der Waals surface area contributed by atoms with Crippen molar-refractivity contribution in [3.05, 3.63) is 29.8 Å². The van der Waals surface area contributed by atoms with Crippen molar-refractivity contribution in [1.29, 1.82) is 0 Å². The summed E-state index contributed by atoms with van der Waals surface area (Å²) in [5.74, 6) is -0.0155. The fraction of sp³-hybridized carbons (Fsp3) is 0.417. The standard InChI is InChI=1S/C12H16BrNO/c1-3-4-10-5-7-11(8-6-10)14-12(15)9(2)13/h5-9H,3-4H2,1-2H3,(H,14,15). The number of amides is 1. The lowest BCUT2D eigenvalue weighted by Gasteiger charge is -2.07. The number of rotatable bonds is 4. The van der Waals surface area contributed by atoms with Gasteiger partial charge in [0.2, 0.25) is 5.91 Å². The zero-order valence-electron chi connectivity index (χ0n) is 9.09. The van der Waals surface area contributed by atoms with E-state index >= 15 is 0 Å². The van der Waals surface area contributed by atoms with Gasteiger partial charge in [-0.3, -0.25) is 4.79 Å². The molecule has 0 fully saturated rings. The maximum absolute atomic E-state index is 11.4. The minimum atomic E-state index is -0.159. The van der Waals surface area contributed by atoms with Crippen LogP contribution in [0.15, 0.2) is 24.3 Å². The maximum atomic E-state index is 11.4. The monoisotopic (exact) mass is 269 g/mol. The first-order valence-electron chi connectivity index (χ1n) is 5.17. The number of halogens is 1. The van der Waals surface area contributed by atoms with Gasteiger partial charge in [-0.2, -0.15) is 0 Å². The molecule has 1 rings (SSSR count). The van der Waals surface area contributed by atoms with E-state index < -0.39 is 0 Å². The Labute approximate surface area is 99.2 Å². The summed E-state index contributed by atoms with van der Waals surface area (Å²) < 4.78 is 0. The molecule has 1 N–H and O–H groups in total. The van der Waals surface area contributed by atoms with Gasteiger partial charge in [0, 0.05) is 5.69 Å². The molecule has 0 aliphatic carbocycles. The van der Waals surface area contributed by atoms with Crippen molar-refractivity contribution in [2.75, 3.05) is 5.32 Å². The second kappa shape index (κ2) is 5.91. The molecule has 0 spiro atoms. The summed E-state index contributed by atoms with van der Waals surface area (Å²) in [4.78, 5) is 11.2. The van der Waals surface area contributed by atoms with E-state index in [1.807, 2.05) is 12.1 Å². The fourth-order valence-electron chi connectivity index (χ4n) is 1.29. The molecular weight excluding hydrogens is 254 g/mol. The molecule has 0 heterocycles. The molecule has 0 saturated carbocycles. The van der Waals surface area contributed by atoms with Crippen molar-refractivity contribution in [1.82, 2.24) is 0 Å².